The standard InChI is InChI=1S/C23H30IN3O2/c1-26(2,15-18-9-11-19(12-10-18)16-27(3,4)17-24)14-13-25-22(28)20-7-5-6-8-21(20)23(25)29/h5-12H,13-17H2,1-4H3/q+2. The summed E-state index contributed by atoms with van der Waals surface area (Å²) in [4.78, 5) is 26.5. The van der Waals surface area contributed by atoms with Crippen molar-refractivity contribution in [2.24, 2.45) is 0 Å². The Bertz CT molecular complexity index is 872. The van der Waals surface area contributed by atoms with E-state index in [1.807, 2.05) is 0 Å². The summed E-state index contributed by atoms with van der Waals surface area (Å²) in [6.07, 6.45) is 0. The largest absolute Gasteiger partial charge is 0.323 e. The minimum absolute atomic E-state index is 0.175. The highest BCUT2D eigenvalue weighted by atomic mass is 127. The molecule has 5 nitrogen and oxygen atoms in total. The molecule has 0 saturated heterocycles. The van der Waals surface area contributed by atoms with Gasteiger partial charge in [0, 0.05) is 11.1 Å². The average Bonchev–Trinajstić information content (AvgIpc) is 2.92. The summed E-state index contributed by atoms with van der Waals surface area (Å²) in [6.45, 7) is 3.01. The Hall–Kier alpha value is -1.77. The fourth-order valence-corrected chi connectivity index (χ4v) is 3.91. The lowest BCUT2D eigenvalue weighted by molar-refractivity contribution is -0.902. The highest BCUT2D eigenvalue weighted by Crippen LogP contribution is 2.23. The Kier molecular flexibility index (Phi) is 6.45. The molecule has 0 unspecified atom stereocenters. The van der Waals surface area contributed by atoms with Crippen molar-refractivity contribution in [2.45, 2.75) is 13.1 Å². The minimum Gasteiger partial charge on any atom is -0.323 e. The number of carbonyl (C=O) groups excluding carboxylic acids is 2. The topological polar surface area (TPSA) is 37.4 Å². The number of alkyl halides is 1. The molecule has 0 bridgehead atoms. The SMILES string of the molecule is C[N+](C)(CI)Cc1ccc(C[N+](C)(C)CCN2C(=O)c3ccccc3C2=O)cc1. The molecule has 0 fully saturated rings. The summed E-state index contributed by atoms with van der Waals surface area (Å²) in [5, 5.41) is 0. The van der Waals surface area contributed by atoms with Gasteiger partial charge < -0.3 is 8.97 Å². The average molecular weight is 507 g/mol. The molecule has 0 spiro atoms. The molecule has 3 rings (SSSR count). The third-order valence-corrected chi connectivity index (χ3v) is 7.22. The molecule has 0 radical (unpaired) electrons. The number of imide groups is 1. The smallest absolute Gasteiger partial charge is 0.261 e. The van der Waals surface area contributed by atoms with Crippen LogP contribution in [0.15, 0.2) is 48.5 Å². The Morgan fingerprint density at radius 3 is 1.66 bits per heavy atom. The predicted octanol–water partition coefficient (Wildman–Crippen LogP) is 3.53. The van der Waals surface area contributed by atoms with E-state index in [0.717, 1.165) is 22.1 Å². The van der Waals surface area contributed by atoms with Crippen molar-refractivity contribution in [3.63, 3.8) is 0 Å². The molecule has 0 N–H and O–H groups in total. The Morgan fingerprint density at radius 1 is 0.759 bits per heavy atom. The third kappa shape index (κ3) is 5.24. The fourth-order valence-electron chi connectivity index (χ4n) is 3.67. The van der Waals surface area contributed by atoms with E-state index < -0.39 is 0 Å². The summed E-state index contributed by atoms with van der Waals surface area (Å²) in [6, 6.07) is 15.9. The van der Waals surface area contributed by atoms with Crippen LogP contribution in [-0.2, 0) is 13.1 Å². The van der Waals surface area contributed by atoms with Crippen LogP contribution in [0.5, 0.6) is 0 Å². The van der Waals surface area contributed by atoms with Gasteiger partial charge in [-0.3, -0.25) is 14.5 Å². The van der Waals surface area contributed by atoms with E-state index in [9.17, 15) is 9.59 Å². The molecular formula is C23H30IN3O2+2. The molecule has 6 heteroatoms. The number of halogens is 1. The van der Waals surface area contributed by atoms with Crippen LogP contribution in [0.25, 0.3) is 0 Å². The zero-order chi connectivity index (χ0) is 21.2. The first-order valence-electron chi connectivity index (χ1n) is 9.85. The molecule has 1 aliphatic rings. The van der Waals surface area contributed by atoms with Crippen LogP contribution in [-0.4, -0.2) is 71.5 Å². The van der Waals surface area contributed by atoms with E-state index in [4.69, 9.17) is 0 Å². The first kappa shape index (κ1) is 21.9. The Balaban J connectivity index is 1.59. The second-order valence-corrected chi connectivity index (χ2v) is 9.84. The molecule has 29 heavy (non-hydrogen) atoms. The van der Waals surface area contributed by atoms with E-state index in [0.29, 0.717) is 28.7 Å². The first-order valence-corrected chi connectivity index (χ1v) is 11.4. The number of amides is 2. The number of quaternary nitrogens is 2. The summed E-state index contributed by atoms with van der Waals surface area (Å²) in [7, 11) is 8.75. The maximum absolute atomic E-state index is 12.6. The fraction of sp³-hybridized carbons (Fsp3) is 0.391. The summed E-state index contributed by atoms with van der Waals surface area (Å²) in [5.74, 6) is -0.350. The van der Waals surface area contributed by atoms with Crippen LogP contribution in [0.2, 0.25) is 0 Å². The van der Waals surface area contributed by atoms with Crippen molar-refractivity contribution < 1.29 is 18.6 Å². The van der Waals surface area contributed by atoms with Crippen molar-refractivity contribution in [3.05, 3.63) is 70.8 Å². The molecule has 0 aromatic heterocycles. The molecular weight excluding hydrogens is 477 g/mol. The second-order valence-electron chi connectivity index (χ2n) is 9.15. The van der Waals surface area contributed by atoms with Crippen molar-refractivity contribution in [3.8, 4) is 0 Å². The van der Waals surface area contributed by atoms with E-state index >= 15 is 0 Å². The highest BCUT2D eigenvalue weighted by molar-refractivity contribution is 14.1. The van der Waals surface area contributed by atoms with Gasteiger partial charge in [0.25, 0.3) is 11.8 Å². The molecule has 2 aromatic rings. The van der Waals surface area contributed by atoms with Crippen LogP contribution in [0.3, 0.4) is 0 Å². The molecule has 0 saturated carbocycles. The van der Waals surface area contributed by atoms with Gasteiger partial charge in [-0.25, -0.2) is 0 Å². The maximum atomic E-state index is 12.6. The predicted molar refractivity (Wildman–Crippen MR) is 124 cm³/mol. The van der Waals surface area contributed by atoms with Gasteiger partial charge in [-0.05, 0) is 34.7 Å². The van der Waals surface area contributed by atoms with Gasteiger partial charge in [-0.1, -0.05) is 36.4 Å². The number of nitrogens with zero attached hydrogens (tertiary/aromatic N) is 3. The molecule has 2 amide bonds. The Labute approximate surface area is 187 Å². The number of likely N-dealkylation sites (N-methyl/N-ethyl adjacent to an activating group) is 1. The van der Waals surface area contributed by atoms with Gasteiger partial charge in [-0.15, -0.1) is 0 Å². The van der Waals surface area contributed by atoms with Crippen molar-refractivity contribution >= 4 is 34.4 Å². The van der Waals surface area contributed by atoms with E-state index in [-0.39, 0.29) is 11.8 Å². The minimum atomic E-state index is -0.175. The van der Waals surface area contributed by atoms with Crippen LogP contribution in [0, 0.1) is 0 Å². The number of carbonyl (C=O) groups is 2. The zero-order valence-electron chi connectivity index (χ0n) is 17.7. The van der Waals surface area contributed by atoms with Crippen LogP contribution < -0.4 is 0 Å². The zero-order valence-corrected chi connectivity index (χ0v) is 19.8. The maximum Gasteiger partial charge on any atom is 0.261 e. The van der Waals surface area contributed by atoms with E-state index in [1.165, 1.54) is 16.0 Å². The van der Waals surface area contributed by atoms with Crippen LogP contribution in [0.4, 0.5) is 0 Å². The molecule has 1 heterocycles. The third-order valence-electron chi connectivity index (χ3n) is 5.37. The number of fused-ring (bicyclic) bond motifs is 1. The molecule has 0 aliphatic carbocycles. The number of benzene rings is 2. The lowest BCUT2D eigenvalue weighted by Gasteiger charge is -2.31. The number of hydrogen-bond acceptors (Lipinski definition) is 2. The van der Waals surface area contributed by atoms with Gasteiger partial charge in [0.2, 0.25) is 0 Å². The number of rotatable bonds is 8. The second kappa shape index (κ2) is 8.53. The quantitative estimate of drug-likeness (QED) is 0.180. The van der Waals surface area contributed by atoms with Gasteiger partial charge >= 0.3 is 0 Å². The van der Waals surface area contributed by atoms with Crippen LogP contribution in [0.1, 0.15) is 31.8 Å². The highest BCUT2D eigenvalue weighted by Gasteiger charge is 2.36. The van der Waals surface area contributed by atoms with Gasteiger partial charge in [0.15, 0.2) is 0 Å². The van der Waals surface area contributed by atoms with Crippen molar-refractivity contribution in [1.29, 1.82) is 0 Å². The molecule has 154 valence electrons. The van der Waals surface area contributed by atoms with Gasteiger partial charge in [0.1, 0.15) is 17.6 Å². The normalized spacial score (nSPS) is 14.4. The molecule has 0 atom stereocenters. The van der Waals surface area contributed by atoms with Crippen LogP contribution >= 0.6 is 22.6 Å². The van der Waals surface area contributed by atoms with Gasteiger partial charge in [-0.2, -0.15) is 0 Å². The molecule has 1 aliphatic heterocycles. The van der Waals surface area contributed by atoms with Crippen molar-refractivity contribution in [2.75, 3.05) is 45.8 Å². The summed E-state index contributed by atoms with van der Waals surface area (Å²) in [5.41, 5.74) is 3.64. The Morgan fingerprint density at radius 2 is 1.21 bits per heavy atom. The summed E-state index contributed by atoms with van der Waals surface area (Å²) < 4.78 is 2.74. The monoisotopic (exact) mass is 507 g/mol. The number of hydrogen-bond donors (Lipinski definition) is 0. The van der Waals surface area contributed by atoms with E-state index in [1.54, 1.807) is 24.3 Å². The van der Waals surface area contributed by atoms with E-state index in [2.05, 4.69) is 75.0 Å². The molecule has 2 aromatic carbocycles. The lowest BCUT2D eigenvalue weighted by atomic mass is 10.1. The van der Waals surface area contributed by atoms with Crippen molar-refractivity contribution in [1.82, 2.24) is 4.90 Å². The first-order chi connectivity index (χ1) is 13.6. The lowest BCUT2D eigenvalue weighted by Crippen LogP contribution is -2.46. The van der Waals surface area contributed by atoms with Gasteiger partial charge in [0.05, 0.1) is 52.4 Å². The summed E-state index contributed by atoms with van der Waals surface area (Å²) >= 11 is 2.43.